The molecule has 0 fully saturated rings. The van der Waals surface area contributed by atoms with Gasteiger partial charge in [0, 0.05) is 18.3 Å². The zero-order valence-corrected chi connectivity index (χ0v) is 11.7. The van der Waals surface area contributed by atoms with Crippen molar-refractivity contribution in [1.82, 2.24) is 0 Å². The number of halogens is 1. The van der Waals surface area contributed by atoms with Crippen LogP contribution in [-0.4, -0.2) is 18.5 Å². The van der Waals surface area contributed by atoms with Gasteiger partial charge in [-0.15, -0.1) is 0 Å². The third-order valence-corrected chi connectivity index (χ3v) is 2.88. The number of hydrogen-bond donors (Lipinski definition) is 0. The topological polar surface area (TPSA) is 29.5 Å². The van der Waals surface area contributed by atoms with E-state index in [0.29, 0.717) is 13.2 Å². The van der Waals surface area contributed by atoms with Gasteiger partial charge >= 0.3 is 5.37 Å². The molecule has 0 bridgehead atoms. The molecule has 100 valence electrons. The summed E-state index contributed by atoms with van der Waals surface area (Å²) in [6, 6.07) is 7.45. The third kappa shape index (κ3) is 4.57. The Morgan fingerprint density at radius 2 is 2.11 bits per heavy atom. The number of nitrogens with zero attached hydrogens (tertiary/aromatic N) is 1. The van der Waals surface area contributed by atoms with E-state index in [2.05, 4.69) is 6.92 Å². The number of amides is 1. The van der Waals surface area contributed by atoms with Gasteiger partial charge in [-0.05, 0) is 37.1 Å². The number of ether oxygens (including phenoxy) is 1. The second-order valence-electron chi connectivity index (χ2n) is 4.05. The van der Waals surface area contributed by atoms with E-state index in [1.165, 1.54) is 17.7 Å². The molecule has 0 aliphatic heterocycles. The molecule has 0 saturated heterocycles. The van der Waals surface area contributed by atoms with Crippen molar-refractivity contribution in [2.45, 2.75) is 33.1 Å². The van der Waals surface area contributed by atoms with Crippen molar-refractivity contribution in [3.8, 4) is 5.75 Å². The molecular weight excluding hydrogens is 250 g/mol. The van der Waals surface area contributed by atoms with Gasteiger partial charge in [-0.3, -0.25) is 9.69 Å². The molecule has 0 saturated carbocycles. The summed E-state index contributed by atoms with van der Waals surface area (Å²) in [5.74, 6) is 0.778. The van der Waals surface area contributed by atoms with Gasteiger partial charge in [-0.2, -0.15) is 0 Å². The number of benzene rings is 1. The predicted octanol–water partition coefficient (Wildman–Crippen LogP) is 4.44. The zero-order chi connectivity index (χ0) is 13.4. The lowest BCUT2D eigenvalue weighted by molar-refractivity contribution is 0.264. The molecule has 4 heteroatoms. The van der Waals surface area contributed by atoms with E-state index in [1.807, 2.05) is 31.2 Å². The van der Waals surface area contributed by atoms with Crippen LogP contribution in [0.3, 0.4) is 0 Å². The molecule has 0 spiro atoms. The van der Waals surface area contributed by atoms with Crippen LogP contribution in [0.1, 0.15) is 33.1 Å². The van der Waals surface area contributed by atoms with E-state index in [1.54, 1.807) is 0 Å². The zero-order valence-electron chi connectivity index (χ0n) is 11.0. The maximum Gasteiger partial charge on any atom is 0.320 e. The summed E-state index contributed by atoms with van der Waals surface area (Å²) in [4.78, 5) is 12.7. The summed E-state index contributed by atoms with van der Waals surface area (Å²) < 4.78 is 5.64. The summed E-state index contributed by atoms with van der Waals surface area (Å²) in [5, 5.41) is -0.472. The van der Waals surface area contributed by atoms with Gasteiger partial charge in [0.2, 0.25) is 0 Å². The minimum absolute atomic E-state index is 0.472. The number of unbranched alkanes of at least 4 members (excludes halogenated alkanes) is 2. The Balaban J connectivity index is 2.63. The van der Waals surface area contributed by atoms with E-state index < -0.39 is 5.37 Å². The molecule has 0 heterocycles. The number of rotatable bonds is 7. The number of hydrogen-bond acceptors (Lipinski definition) is 2. The molecule has 0 atom stereocenters. The molecule has 1 aromatic carbocycles. The Kier molecular flexibility index (Phi) is 6.58. The molecule has 0 aromatic heterocycles. The van der Waals surface area contributed by atoms with Crippen LogP contribution in [0.15, 0.2) is 24.3 Å². The SMILES string of the molecule is CCCCCOc1cccc(N(CC)C(=O)Cl)c1. The molecule has 3 nitrogen and oxygen atoms in total. The molecule has 0 unspecified atom stereocenters. The van der Waals surface area contributed by atoms with Crippen molar-refractivity contribution in [3.63, 3.8) is 0 Å². The van der Waals surface area contributed by atoms with Crippen molar-refractivity contribution < 1.29 is 9.53 Å². The smallest absolute Gasteiger partial charge is 0.320 e. The predicted molar refractivity (Wildman–Crippen MR) is 75.7 cm³/mol. The van der Waals surface area contributed by atoms with Crippen LogP contribution in [-0.2, 0) is 0 Å². The monoisotopic (exact) mass is 269 g/mol. The maximum atomic E-state index is 11.2. The Morgan fingerprint density at radius 3 is 2.72 bits per heavy atom. The van der Waals surface area contributed by atoms with Crippen LogP contribution in [0.5, 0.6) is 5.75 Å². The first-order valence-electron chi connectivity index (χ1n) is 6.38. The standard InChI is InChI=1S/C14H20ClNO2/c1-3-5-6-10-18-13-9-7-8-12(11-13)16(4-2)14(15)17/h7-9,11H,3-6,10H2,1-2H3. The van der Waals surface area contributed by atoms with Crippen LogP contribution in [0.4, 0.5) is 10.5 Å². The van der Waals surface area contributed by atoms with Gasteiger partial charge in [0.25, 0.3) is 0 Å². The van der Waals surface area contributed by atoms with Crippen molar-refractivity contribution in [2.75, 3.05) is 18.1 Å². The molecule has 0 aliphatic carbocycles. The van der Waals surface area contributed by atoms with Gasteiger partial charge in [0.05, 0.1) is 6.61 Å². The van der Waals surface area contributed by atoms with Crippen LogP contribution in [0.25, 0.3) is 0 Å². The van der Waals surface area contributed by atoms with E-state index in [-0.39, 0.29) is 0 Å². The molecular formula is C14H20ClNO2. The minimum atomic E-state index is -0.472. The largest absolute Gasteiger partial charge is 0.494 e. The second-order valence-corrected chi connectivity index (χ2v) is 4.37. The van der Waals surface area contributed by atoms with Gasteiger partial charge in [0.15, 0.2) is 0 Å². The number of carbonyl (C=O) groups excluding carboxylic acids is 1. The first-order valence-corrected chi connectivity index (χ1v) is 6.76. The normalized spacial score (nSPS) is 10.2. The van der Waals surface area contributed by atoms with Gasteiger partial charge in [-0.1, -0.05) is 25.8 Å². The molecule has 0 N–H and O–H groups in total. The fourth-order valence-corrected chi connectivity index (χ4v) is 1.91. The van der Waals surface area contributed by atoms with Crippen molar-refractivity contribution in [1.29, 1.82) is 0 Å². The highest BCUT2D eigenvalue weighted by Crippen LogP contribution is 2.22. The van der Waals surface area contributed by atoms with Crippen molar-refractivity contribution in [3.05, 3.63) is 24.3 Å². The average molecular weight is 270 g/mol. The van der Waals surface area contributed by atoms with E-state index in [0.717, 1.165) is 17.9 Å². The Morgan fingerprint density at radius 1 is 1.33 bits per heavy atom. The van der Waals surface area contributed by atoms with Crippen molar-refractivity contribution >= 4 is 22.7 Å². The molecule has 0 aliphatic rings. The highest BCUT2D eigenvalue weighted by atomic mass is 35.5. The van der Waals surface area contributed by atoms with Crippen molar-refractivity contribution in [2.24, 2.45) is 0 Å². The quantitative estimate of drug-likeness (QED) is 0.416. The Hall–Kier alpha value is -1.22. The lowest BCUT2D eigenvalue weighted by atomic mass is 10.2. The fraction of sp³-hybridized carbons (Fsp3) is 0.500. The third-order valence-electron chi connectivity index (χ3n) is 2.67. The summed E-state index contributed by atoms with van der Waals surface area (Å²) in [6.45, 7) is 5.29. The van der Waals surface area contributed by atoms with Crippen LogP contribution in [0, 0.1) is 0 Å². The molecule has 1 amide bonds. The molecule has 1 rings (SSSR count). The minimum Gasteiger partial charge on any atom is -0.494 e. The summed E-state index contributed by atoms with van der Waals surface area (Å²) in [7, 11) is 0. The Bertz CT molecular complexity index is 382. The summed E-state index contributed by atoms with van der Waals surface area (Å²) in [6.07, 6.45) is 3.39. The molecule has 0 radical (unpaired) electrons. The van der Waals surface area contributed by atoms with Gasteiger partial charge in [0.1, 0.15) is 5.75 Å². The first-order chi connectivity index (χ1) is 8.69. The van der Waals surface area contributed by atoms with Gasteiger partial charge < -0.3 is 4.74 Å². The van der Waals surface area contributed by atoms with E-state index in [4.69, 9.17) is 16.3 Å². The fourth-order valence-electron chi connectivity index (χ4n) is 1.69. The second kappa shape index (κ2) is 7.98. The number of carbonyl (C=O) groups is 1. The molecule has 18 heavy (non-hydrogen) atoms. The summed E-state index contributed by atoms with van der Waals surface area (Å²) >= 11 is 5.52. The van der Waals surface area contributed by atoms with E-state index in [9.17, 15) is 4.79 Å². The Labute approximate surface area is 114 Å². The lowest BCUT2D eigenvalue weighted by Crippen LogP contribution is -2.24. The van der Waals surface area contributed by atoms with Crippen LogP contribution in [0.2, 0.25) is 0 Å². The summed E-state index contributed by atoms with van der Waals surface area (Å²) in [5.41, 5.74) is 0.769. The average Bonchev–Trinajstić information content (AvgIpc) is 2.36. The van der Waals surface area contributed by atoms with Crippen LogP contribution >= 0.6 is 11.6 Å². The lowest BCUT2D eigenvalue weighted by Gasteiger charge is -2.18. The van der Waals surface area contributed by atoms with Gasteiger partial charge in [-0.25, -0.2) is 0 Å². The number of anilines is 1. The maximum absolute atomic E-state index is 11.2. The highest BCUT2D eigenvalue weighted by Gasteiger charge is 2.11. The molecule has 1 aromatic rings. The first kappa shape index (κ1) is 14.8. The van der Waals surface area contributed by atoms with Crippen LogP contribution < -0.4 is 9.64 Å². The van der Waals surface area contributed by atoms with E-state index >= 15 is 0 Å². The highest BCUT2D eigenvalue weighted by molar-refractivity contribution is 6.66.